The molecule has 0 bridgehead atoms. The Labute approximate surface area is 131 Å². The fraction of sp³-hybridized carbons (Fsp3) is 0. The molecule has 0 aliphatic rings. The summed E-state index contributed by atoms with van der Waals surface area (Å²) >= 11 is 12.4. The molecule has 0 heterocycles. The average molecular weight is 407 g/mol. The van der Waals surface area contributed by atoms with Gasteiger partial charge < -0.3 is 5.32 Å². The lowest BCUT2D eigenvalue weighted by atomic mass is 10.2. The van der Waals surface area contributed by atoms with Gasteiger partial charge in [0.15, 0.2) is 0 Å². The zero-order chi connectivity index (χ0) is 14.0. The second-order valence-corrected chi connectivity index (χ2v) is 5.94. The van der Waals surface area contributed by atoms with E-state index in [1.54, 1.807) is 18.2 Å². The molecule has 6 heteroatoms. The Morgan fingerprint density at radius 2 is 1.74 bits per heavy atom. The molecule has 19 heavy (non-hydrogen) atoms. The summed E-state index contributed by atoms with van der Waals surface area (Å²) in [5.74, 6) is -1.15. The van der Waals surface area contributed by atoms with Crippen LogP contribution in [0.3, 0.4) is 0 Å². The van der Waals surface area contributed by atoms with Crippen LogP contribution in [0.1, 0.15) is 10.4 Å². The Morgan fingerprint density at radius 1 is 1.11 bits per heavy atom. The number of carbonyl (C=O) groups excluding carboxylic acids is 1. The van der Waals surface area contributed by atoms with Crippen LogP contribution in [0.25, 0.3) is 0 Å². The number of amides is 1. The van der Waals surface area contributed by atoms with Crippen LogP contribution in [0.5, 0.6) is 0 Å². The van der Waals surface area contributed by atoms with Crippen molar-refractivity contribution < 1.29 is 9.18 Å². The van der Waals surface area contributed by atoms with Gasteiger partial charge in [-0.25, -0.2) is 4.39 Å². The van der Waals surface area contributed by atoms with Gasteiger partial charge in [0.05, 0.1) is 16.3 Å². The number of halogens is 4. The van der Waals surface area contributed by atoms with Crippen molar-refractivity contribution in [2.75, 3.05) is 5.32 Å². The Hall–Kier alpha value is -0.910. The van der Waals surface area contributed by atoms with Gasteiger partial charge >= 0.3 is 0 Å². The number of hydrogen-bond donors (Lipinski definition) is 1. The highest BCUT2D eigenvalue weighted by Crippen LogP contribution is 2.26. The Kier molecular flexibility index (Phi) is 4.60. The van der Waals surface area contributed by atoms with E-state index < -0.39 is 11.7 Å². The van der Waals surface area contributed by atoms with Crippen molar-refractivity contribution in [3.63, 3.8) is 0 Å². The maximum Gasteiger partial charge on any atom is 0.258 e. The van der Waals surface area contributed by atoms with Gasteiger partial charge in [-0.3, -0.25) is 4.79 Å². The summed E-state index contributed by atoms with van der Waals surface area (Å²) in [4.78, 5) is 12.0. The minimum Gasteiger partial charge on any atom is -0.321 e. The first-order chi connectivity index (χ1) is 8.97. The zero-order valence-electron chi connectivity index (χ0n) is 9.38. The molecule has 98 valence electrons. The number of anilines is 1. The molecule has 0 atom stereocenters. The summed E-state index contributed by atoms with van der Waals surface area (Å²) in [5.41, 5.74) is 0.367. The fourth-order valence-electron chi connectivity index (χ4n) is 1.45. The molecule has 2 rings (SSSR count). The number of rotatable bonds is 2. The molecule has 0 aromatic heterocycles. The van der Waals surface area contributed by atoms with Gasteiger partial charge in [0, 0.05) is 8.95 Å². The molecule has 0 fully saturated rings. The molecule has 0 radical (unpaired) electrons. The minimum atomic E-state index is -0.591. The summed E-state index contributed by atoms with van der Waals surface area (Å²) in [7, 11) is 0. The van der Waals surface area contributed by atoms with E-state index in [2.05, 4.69) is 37.2 Å². The van der Waals surface area contributed by atoms with E-state index in [0.717, 1.165) is 4.47 Å². The minimum absolute atomic E-state index is 0.0505. The molecule has 0 unspecified atom stereocenters. The summed E-state index contributed by atoms with van der Waals surface area (Å²) < 4.78 is 15.0. The van der Waals surface area contributed by atoms with Crippen LogP contribution >= 0.6 is 43.5 Å². The third-order valence-corrected chi connectivity index (χ3v) is 3.67. The van der Waals surface area contributed by atoms with Gasteiger partial charge in [-0.2, -0.15) is 0 Å². The van der Waals surface area contributed by atoms with Crippen LogP contribution in [0.4, 0.5) is 10.1 Å². The lowest BCUT2D eigenvalue weighted by Crippen LogP contribution is -2.14. The van der Waals surface area contributed by atoms with E-state index >= 15 is 0 Å². The molecule has 0 spiro atoms. The van der Waals surface area contributed by atoms with E-state index in [0.29, 0.717) is 15.2 Å². The smallest absolute Gasteiger partial charge is 0.258 e. The predicted octanol–water partition coefficient (Wildman–Crippen LogP) is 5.26. The lowest BCUT2D eigenvalue weighted by molar-refractivity contribution is 0.102. The SMILES string of the molecule is O=C(Nc1cc(Br)ccc1Cl)c1cc(Br)ccc1F. The molecular weight excluding hydrogens is 400 g/mol. The second-order valence-electron chi connectivity index (χ2n) is 3.70. The van der Waals surface area contributed by atoms with Gasteiger partial charge in [0.25, 0.3) is 5.91 Å². The molecule has 2 nitrogen and oxygen atoms in total. The van der Waals surface area contributed by atoms with Gasteiger partial charge in [-0.05, 0) is 36.4 Å². The largest absolute Gasteiger partial charge is 0.321 e. The van der Waals surface area contributed by atoms with Crippen molar-refractivity contribution in [2.24, 2.45) is 0 Å². The number of nitrogens with one attached hydrogen (secondary N) is 1. The van der Waals surface area contributed by atoms with Crippen molar-refractivity contribution in [2.45, 2.75) is 0 Å². The average Bonchev–Trinajstić information content (AvgIpc) is 2.36. The topological polar surface area (TPSA) is 29.1 Å². The highest BCUT2D eigenvalue weighted by atomic mass is 79.9. The van der Waals surface area contributed by atoms with Crippen LogP contribution in [0, 0.1) is 5.82 Å². The molecule has 1 N–H and O–H groups in total. The first kappa shape index (κ1) is 14.5. The Balaban J connectivity index is 2.30. The highest BCUT2D eigenvalue weighted by Gasteiger charge is 2.13. The molecule has 0 aliphatic heterocycles. The number of hydrogen-bond acceptors (Lipinski definition) is 1. The quantitative estimate of drug-likeness (QED) is 0.723. The number of carbonyl (C=O) groups is 1. The number of benzene rings is 2. The third kappa shape index (κ3) is 3.55. The zero-order valence-corrected chi connectivity index (χ0v) is 13.3. The fourth-order valence-corrected chi connectivity index (χ4v) is 2.34. The van der Waals surface area contributed by atoms with Gasteiger partial charge in [0.2, 0.25) is 0 Å². The van der Waals surface area contributed by atoms with Crippen molar-refractivity contribution in [1.29, 1.82) is 0 Å². The highest BCUT2D eigenvalue weighted by molar-refractivity contribution is 9.10. The lowest BCUT2D eigenvalue weighted by Gasteiger charge is -2.08. The van der Waals surface area contributed by atoms with Gasteiger partial charge in [-0.1, -0.05) is 43.5 Å². The monoisotopic (exact) mass is 405 g/mol. The maximum absolute atomic E-state index is 13.6. The van der Waals surface area contributed by atoms with Crippen molar-refractivity contribution >= 4 is 55.1 Å². The first-order valence-electron chi connectivity index (χ1n) is 5.19. The van der Waals surface area contributed by atoms with Crippen LogP contribution in [-0.2, 0) is 0 Å². The van der Waals surface area contributed by atoms with E-state index in [1.165, 1.54) is 18.2 Å². The van der Waals surface area contributed by atoms with E-state index in [1.807, 2.05) is 0 Å². The van der Waals surface area contributed by atoms with Crippen LogP contribution in [-0.4, -0.2) is 5.91 Å². The van der Waals surface area contributed by atoms with Crippen LogP contribution in [0.2, 0.25) is 5.02 Å². The standard InChI is InChI=1S/C13H7Br2ClFNO/c14-7-2-4-11(17)9(5-7)13(19)18-12-6-8(15)1-3-10(12)16/h1-6H,(H,18,19). The van der Waals surface area contributed by atoms with E-state index in [-0.39, 0.29) is 5.56 Å². The molecule has 0 aliphatic carbocycles. The van der Waals surface area contributed by atoms with Crippen molar-refractivity contribution in [3.05, 3.63) is 61.7 Å². The molecule has 2 aromatic rings. The second kappa shape index (κ2) is 6.03. The molecule has 0 saturated heterocycles. The molecule has 0 saturated carbocycles. The first-order valence-corrected chi connectivity index (χ1v) is 7.15. The van der Waals surface area contributed by atoms with Crippen LogP contribution < -0.4 is 5.32 Å². The summed E-state index contributed by atoms with van der Waals surface area (Å²) in [6.07, 6.45) is 0. The summed E-state index contributed by atoms with van der Waals surface area (Å²) in [5, 5.41) is 2.96. The van der Waals surface area contributed by atoms with E-state index in [4.69, 9.17) is 11.6 Å². The van der Waals surface area contributed by atoms with Gasteiger partial charge in [-0.15, -0.1) is 0 Å². The van der Waals surface area contributed by atoms with Gasteiger partial charge in [0.1, 0.15) is 5.82 Å². The molecule has 2 aromatic carbocycles. The van der Waals surface area contributed by atoms with E-state index in [9.17, 15) is 9.18 Å². The van der Waals surface area contributed by atoms with Crippen LogP contribution in [0.15, 0.2) is 45.3 Å². The predicted molar refractivity (Wildman–Crippen MR) is 81.2 cm³/mol. The summed E-state index contributed by atoms with van der Waals surface area (Å²) in [6, 6.07) is 9.20. The van der Waals surface area contributed by atoms with Crippen molar-refractivity contribution in [1.82, 2.24) is 0 Å². The third-order valence-electron chi connectivity index (χ3n) is 2.35. The van der Waals surface area contributed by atoms with Crippen molar-refractivity contribution in [3.8, 4) is 0 Å². The Morgan fingerprint density at radius 3 is 2.47 bits per heavy atom. The molecular formula is C13H7Br2ClFNO. The normalized spacial score (nSPS) is 10.3. The Bertz CT molecular complexity index is 649. The molecule has 1 amide bonds. The maximum atomic E-state index is 13.6. The summed E-state index contributed by atoms with van der Waals surface area (Å²) in [6.45, 7) is 0.